The van der Waals surface area contributed by atoms with Crippen molar-refractivity contribution in [1.82, 2.24) is 9.80 Å². The van der Waals surface area contributed by atoms with Crippen molar-refractivity contribution in [3.63, 3.8) is 0 Å². The maximum atomic E-state index is 6.14. The zero-order chi connectivity index (χ0) is 15.1. The Kier molecular flexibility index (Phi) is 6.97. The Morgan fingerprint density at radius 3 is 2.29 bits per heavy atom. The molecule has 0 aromatic rings. The molecule has 0 bridgehead atoms. The summed E-state index contributed by atoms with van der Waals surface area (Å²) < 4.78 is 0. The largest absolute Gasteiger partial charge is 0.329 e. The highest BCUT2D eigenvalue weighted by Gasteiger charge is 2.33. The standard InChI is InChI=1S/C18H37N3/c1-3-4-5-10-18(2,16-19)21-13-8-17(9-14-21)15-20-11-6-7-12-20/h17H,3-16,19H2,1-2H3. The van der Waals surface area contributed by atoms with E-state index in [9.17, 15) is 0 Å². The highest BCUT2D eigenvalue weighted by molar-refractivity contribution is 4.90. The summed E-state index contributed by atoms with van der Waals surface area (Å²) in [6, 6.07) is 0. The molecule has 1 atom stereocenters. The van der Waals surface area contributed by atoms with Crippen molar-refractivity contribution >= 4 is 0 Å². The van der Waals surface area contributed by atoms with Gasteiger partial charge >= 0.3 is 0 Å². The van der Waals surface area contributed by atoms with E-state index in [1.165, 1.54) is 84.1 Å². The van der Waals surface area contributed by atoms with Gasteiger partial charge in [-0.25, -0.2) is 0 Å². The molecule has 0 saturated carbocycles. The predicted molar refractivity (Wildman–Crippen MR) is 91.6 cm³/mol. The van der Waals surface area contributed by atoms with E-state index >= 15 is 0 Å². The topological polar surface area (TPSA) is 32.5 Å². The Hall–Kier alpha value is -0.120. The molecule has 124 valence electrons. The summed E-state index contributed by atoms with van der Waals surface area (Å²) in [6.07, 6.45) is 10.8. The van der Waals surface area contributed by atoms with Crippen LogP contribution in [0.4, 0.5) is 0 Å². The van der Waals surface area contributed by atoms with E-state index in [-0.39, 0.29) is 5.54 Å². The van der Waals surface area contributed by atoms with Crippen molar-refractivity contribution in [2.24, 2.45) is 11.7 Å². The molecular weight excluding hydrogens is 258 g/mol. The van der Waals surface area contributed by atoms with Crippen molar-refractivity contribution in [1.29, 1.82) is 0 Å². The molecule has 0 aromatic carbocycles. The molecule has 1 unspecified atom stereocenters. The maximum absolute atomic E-state index is 6.14. The van der Waals surface area contributed by atoms with Crippen LogP contribution < -0.4 is 5.73 Å². The molecule has 2 N–H and O–H groups in total. The molecule has 0 amide bonds. The molecule has 3 heteroatoms. The third-order valence-electron chi connectivity index (χ3n) is 5.85. The lowest BCUT2D eigenvalue weighted by Crippen LogP contribution is -2.54. The second-order valence-electron chi connectivity index (χ2n) is 7.60. The second kappa shape index (κ2) is 8.50. The first-order valence-electron chi connectivity index (χ1n) is 9.35. The van der Waals surface area contributed by atoms with Crippen LogP contribution in [0.2, 0.25) is 0 Å². The SMILES string of the molecule is CCCCCC(C)(CN)N1CCC(CN2CCCC2)CC1. The normalized spacial score (nSPS) is 25.3. The minimum atomic E-state index is 0.244. The van der Waals surface area contributed by atoms with Gasteiger partial charge in [0, 0.05) is 18.6 Å². The van der Waals surface area contributed by atoms with E-state index in [1.54, 1.807) is 0 Å². The summed E-state index contributed by atoms with van der Waals surface area (Å²) in [5, 5.41) is 0. The smallest absolute Gasteiger partial charge is 0.0303 e. The fraction of sp³-hybridized carbons (Fsp3) is 1.00. The molecule has 0 spiro atoms. The van der Waals surface area contributed by atoms with Crippen molar-refractivity contribution in [2.75, 3.05) is 39.3 Å². The fourth-order valence-electron chi connectivity index (χ4n) is 4.13. The highest BCUT2D eigenvalue weighted by atomic mass is 15.2. The van der Waals surface area contributed by atoms with Gasteiger partial charge in [-0.05, 0) is 71.1 Å². The Morgan fingerprint density at radius 2 is 1.71 bits per heavy atom. The van der Waals surface area contributed by atoms with Crippen LogP contribution in [0, 0.1) is 5.92 Å². The lowest BCUT2D eigenvalue weighted by Gasteiger charge is -2.45. The number of piperidine rings is 1. The van der Waals surface area contributed by atoms with E-state index in [2.05, 4.69) is 23.6 Å². The van der Waals surface area contributed by atoms with Gasteiger partial charge in [-0.15, -0.1) is 0 Å². The number of hydrogen-bond donors (Lipinski definition) is 1. The summed E-state index contributed by atoms with van der Waals surface area (Å²) in [5.41, 5.74) is 6.38. The first kappa shape index (κ1) is 17.2. The summed E-state index contributed by atoms with van der Waals surface area (Å²) >= 11 is 0. The van der Waals surface area contributed by atoms with E-state index in [0.717, 1.165) is 12.5 Å². The summed E-state index contributed by atoms with van der Waals surface area (Å²) in [4.78, 5) is 5.38. The lowest BCUT2D eigenvalue weighted by molar-refractivity contribution is 0.0522. The number of nitrogens with two attached hydrogens (primary N) is 1. The Morgan fingerprint density at radius 1 is 1.05 bits per heavy atom. The molecule has 3 nitrogen and oxygen atoms in total. The van der Waals surface area contributed by atoms with Crippen molar-refractivity contribution < 1.29 is 0 Å². The Bertz CT molecular complexity index is 280. The minimum Gasteiger partial charge on any atom is -0.329 e. The zero-order valence-electron chi connectivity index (χ0n) is 14.4. The first-order valence-corrected chi connectivity index (χ1v) is 9.35. The van der Waals surface area contributed by atoms with Crippen LogP contribution in [0.1, 0.15) is 65.2 Å². The number of hydrogen-bond acceptors (Lipinski definition) is 3. The predicted octanol–water partition coefficient (Wildman–Crippen LogP) is 3.09. The van der Waals surface area contributed by atoms with Crippen LogP contribution in [0.5, 0.6) is 0 Å². The summed E-state index contributed by atoms with van der Waals surface area (Å²) in [5.74, 6) is 0.928. The maximum Gasteiger partial charge on any atom is 0.0303 e. The molecule has 2 aliphatic rings. The van der Waals surface area contributed by atoms with Gasteiger partial charge in [-0.2, -0.15) is 0 Å². The van der Waals surface area contributed by atoms with Crippen LogP contribution in [0.25, 0.3) is 0 Å². The number of likely N-dealkylation sites (tertiary alicyclic amines) is 2. The van der Waals surface area contributed by atoms with E-state index in [0.29, 0.717) is 0 Å². The van der Waals surface area contributed by atoms with E-state index in [1.807, 2.05) is 0 Å². The molecule has 2 rings (SSSR count). The van der Waals surface area contributed by atoms with Crippen LogP contribution in [-0.2, 0) is 0 Å². The molecule has 21 heavy (non-hydrogen) atoms. The van der Waals surface area contributed by atoms with Crippen LogP contribution in [-0.4, -0.2) is 54.6 Å². The molecule has 2 aliphatic heterocycles. The number of unbranched alkanes of at least 4 members (excludes halogenated alkanes) is 2. The second-order valence-corrected chi connectivity index (χ2v) is 7.60. The third kappa shape index (κ3) is 4.94. The molecule has 0 aliphatic carbocycles. The Balaban J connectivity index is 1.75. The molecule has 2 saturated heterocycles. The summed E-state index contributed by atoms with van der Waals surface area (Å²) in [7, 11) is 0. The molecule has 0 aromatic heterocycles. The molecular formula is C18H37N3. The van der Waals surface area contributed by atoms with E-state index in [4.69, 9.17) is 5.73 Å². The van der Waals surface area contributed by atoms with Crippen molar-refractivity contribution in [3.8, 4) is 0 Å². The lowest BCUT2D eigenvalue weighted by atomic mass is 9.87. The van der Waals surface area contributed by atoms with Crippen molar-refractivity contribution in [3.05, 3.63) is 0 Å². The van der Waals surface area contributed by atoms with Crippen LogP contribution in [0.3, 0.4) is 0 Å². The average Bonchev–Trinajstić information content (AvgIpc) is 3.01. The van der Waals surface area contributed by atoms with Crippen molar-refractivity contribution in [2.45, 2.75) is 70.8 Å². The monoisotopic (exact) mass is 295 g/mol. The first-order chi connectivity index (χ1) is 10.2. The van der Waals surface area contributed by atoms with Crippen LogP contribution in [0.15, 0.2) is 0 Å². The van der Waals surface area contributed by atoms with Gasteiger partial charge in [0.25, 0.3) is 0 Å². The van der Waals surface area contributed by atoms with Gasteiger partial charge in [-0.3, -0.25) is 4.90 Å². The third-order valence-corrected chi connectivity index (χ3v) is 5.85. The van der Waals surface area contributed by atoms with E-state index < -0.39 is 0 Å². The Labute approximate surface area is 132 Å². The molecule has 2 fully saturated rings. The van der Waals surface area contributed by atoms with Gasteiger partial charge in [0.2, 0.25) is 0 Å². The highest BCUT2D eigenvalue weighted by Crippen LogP contribution is 2.28. The number of rotatable bonds is 8. The minimum absolute atomic E-state index is 0.244. The fourth-order valence-corrected chi connectivity index (χ4v) is 4.13. The zero-order valence-corrected chi connectivity index (χ0v) is 14.4. The van der Waals surface area contributed by atoms with Gasteiger partial charge in [0.05, 0.1) is 0 Å². The molecule has 2 heterocycles. The van der Waals surface area contributed by atoms with Gasteiger partial charge in [0.15, 0.2) is 0 Å². The number of nitrogens with zero attached hydrogens (tertiary/aromatic N) is 2. The van der Waals surface area contributed by atoms with Gasteiger partial charge in [0.1, 0.15) is 0 Å². The molecule has 0 radical (unpaired) electrons. The summed E-state index contributed by atoms with van der Waals surface area (Å²) in [6.45, 7) is 12.1. The van der Waals surface area contributed by atoms with Crippen LogP contribution >= 0.6 is 0 Å². The van der Waals surface area contributed by atoms with Gasteiger partial charge in [-0.1, -0.05) is 26.2 Å². The quantitative estimate of drug-likeness (QED) is 0.698. The average molecular weight is 296 g/mol. The van der Waals surface area contributed by atoms with Gasteiger partial charge < -0.3 is 10.6 Å².